The smallest absolute Gasteiger partial charge is 0.122 e. The van der Waals surface area contributed by atoms with Crippen molar-refractivity contribution in [3.05, 3.63) is 23.8 Å². The summed E-state index contributed by atoms with van der Waals surface area (Å²) in [6.07, 6.45) is 2.43. The summed E-state index contributed by atoms with van der Waals surface area (Å²) in [5.41, 5.74) is 0.852. The monoisotopic (exact) mass is 224 g/mol. The van der Waals surface area contributed by atoms with Gasteiger partial charge < -0.3 is 14.6 Å². The Hall–Kier alpha value is -1.22. The molecule has 0 aliphatic rings. The first-order valence-corrected chi connectivity index (χ1v) is 5.62. The molecule has 0 aromatic heterocycles. The number of hydrogen-bond donors (Lipinski definition) is 1. The molecule has 3 heteroatoms. The van der Waals surface area contributed by atoms with Gasteiger partial charge in [-0.25, -0.2) is 0 Å². The fraction of sp³-hybridized carbons (Fsp3) is 0.538. The quantitative estimate of drug-likeness (QED) is 0.807. The second-order valence-corrected chi connectivity index (χ2v) is 3.80. The van der Waals surface area contributed by atoms with Crippen molar-refractivity contribution in [2.45, 2.75) is 32.3 Å². The molecule has 0 aliphatic heterocycles. The number of rotatable bonds is 6. The summed E-state index contributed by atoms with van der Waals surface area (Å²) in [5, 5.41) is 9.98. The van der Waals surface area contributed by atoms with Crippen molar-refractivity contribution in [2.75, 3.05) is 14.2 Å². The van der Waals surface area contributed by atoms with Crippen molar-refractivity contribution >= 4 is 0 Å². The lowest BCUT2D eigenvalue weighted by Gasteiger charge is -2.13. The van der Waals surface area contributed by atoms with E-state index in [4.69, 9.17) is 9.47 Å². The third-order valence-corrected chi connectivity index (χ3v) is 2.59. The Bertz CT molecular complexity index is 301. The topological polar surface area (TPSA) is 38.7 Å². The maximum absolute atomic E-state index is 9.98. The molecule has 1 unspecified atom stereocenters. The van der Waals surface area contributed by atoms with Crippen molar-refractivity contribution < 1.29 is 14.6 Å². The minimum atomic E-state index is -0.441. The molecule has 3 nitrogen and oxygen atoms in total. The van der Waals surface area contributed by atoms with E-state index in [-0.39, 0.29) is 0 Å². The van der Waals surface area contributed by atoms with Gasteiger partial charge in [0, 0.05) is 6.07 Å². The lowest BCUT2D eigenvalue weighted by atomic mass is 10.0. The number of aliphatic hydroxyl groups is 1. The van der Waals surface area contributed by atoms with E-state index >= 15 is 0 Å². The first-order chi connectivity index (χ1) is 7.71. The first-order valence-electron chi connectivity index (χ1n) is 5.62. The van der Waals surface area contributed by atoms with E-state index in [1.165, 1.54) is 0 Å². The van der Waals surface area contributed by atoms with Crippen molar-refractivity contribution in [3.8, 4) is 11.5 Å². The minimum absolute atomic E-state index is 0.441. The highest BCUT2D eigenvalue weighted by atomic mass is 16.5. The van der Waals surface area contributed by atoms with Crippen LogP contribution in [0.15, 0.2) is 18.2 Å². The highest BCUT2D eigenvalue weighted by Crippen LogP contribution is 2.28. The van der Waals surface area contributed by atoms with Crippen LogP contribution in [0.2, 0.25) is 0 Å². The third-order valence-electron chi connectivity index (χ3n) is 2.59. The molecule has 1 N–H and O–H groups in total. The Balaban J connectivity index is 2.85. The lowest BCUT2D eigenvalue weighted by molar-refractivity contribution is 0.163. The number of methoxy groups -OCH3 is 2. The highest BCUT2D eigenvalue weighted by Gasteiger charge is 2.10. The van der Waals surface area contributed by atoms with E-state index in [2.05, 4.69) is 6.92 Å². The van der Waals surface area contributed by atoms with Crippen LogP contribution in [0.4, 0.5) is 0 Å². The fourth-order valence-electron chi connectivity index (χ4n) is 1.59. The molecule has 90 valence electrons. The number of ether oxygens (including phenoxy) is 2. The van der Waals surface area contributed by atoms with Crippen molar-refractivity contribution in [2.24, 2.45) is 0 Å². The number of benzene rings is 1. The average molecular weight is 224 g/mol. The molecule has 0 radical (unpaired) electrons. The largest absolute Gasteiger partial charge is 0.497 e. The van der Waals surface area contributed by atoms with Crippen molar-refractivity contribution in [1.29, 1.82) is 0 Å². The summed E-state index contributed by atoms with van der Waals surface area (Å²) in [5.74, 6) is 1.43. The Morgan fingerprint density at radius 3 is 2.12 bits per heavy atom. The van der Waals surface area contributed by atoms with Gasteiger partial charge >= 0.3 is 0 Å². The van der Waals surface area contributed by atoms with Crippen LogP contribution >= 0.6 is 0 Å². The SMILES string of the molecule is CCCCC(O)c1cc(OC)cc(OC)c1. The number of hydrogen-bond acceptors (Lipinski definition) is 3. The Morgan fingerprint density at radius 2 is 1.69 bits per heavy atom. The molecule has 0 heterocycles. The van der Waals surface area contributed by atoms with Gasteiger partial charge in [-0.3, -0.25) is 0 Å². The summed E-state index contributed by atoms with van der Waals surface area (Å²) in [4.78, 5) is 0. The minimum Gasteiger partial charge on any atom is -0.497 e. The molecular formula is C13H20O3. The zero-order valence-electron chi connectivity index (χ0n) is 10.2. The van der Waals surface area contributed by atoms with Gasteiger partial charge in [0.1, 0.15) is 11.5 Å². The van der Waals surface area contributed by atoms with Gasteiger partial charge in [0.2, 0.25) is 0 Å². The molecule has 0 aliphatic carbocycles. The first kappa shape index (κ1) is 12.8. The van der Waals surface area contributed by atoms with Crippen LogP contribution in [0.1, 0.15) is 37.9 Å². The van der Waals surface area contributed by atoms with Gasteiger partial charge in [-0.1, -0.05) is 19.8 Å². The van der Waals surface area contributed by atoms with Gasteiger partial charge in [-0.2, -0.15) is 0 Å². The Kier molecular flexibility index (Phi) is 5.12. The molecule has 1 atom stereocenters. The molecule has 0 spiro atoms. The normalized spacial score (nSPS) is 12.2. The zero-order valence-corrected chi connectivity index (χ0v) is 10.2. The van der Waals surface area contributed by atoms with Gasteiger partial charge in [-0.05, 0) is 24.1 Å². The van der Waals surface area contributed by atoms with Crippen LogP contribution in [0.5, 0.6) is 11.5 Å². The molecule has 0 fully saturated rings. The van der Waals surface area contributed by atoms with E-state index in [1.54, 1.807) is 20.3 Å². The third kappa shape index (κ3) is 3.42. The lowest BCUT2D eigenvalue weighted by Crippen LogP contribution is -1.99. The van der Waals surface area contributed by atoms with Crippen molar-refractivity contribution in [3.63, 3.8) is 0 Å². The summed E-state index contributed by atoms with van der Waals surface area (Å²) < 4.78 is 10.3. The zero-order chi connectivity index (χ0) is 12.0. The summed E-state index contributed by atoms with van der Waals surface area (Å²) >= 11 is 0. The standard InChI is InChI=1S/C13H20O3/c1-4-5-6-13(14)10-7-11(15-2)9-12(8-10)16-3/h7-9,13-14H,4-6H2,1-3H3. The summed E-state index contributed by atoms with van der Waals surface area (Å²) in [7, 11) is 3.22. The maximum Gasteiger partial charge on any atom is 0.122 e. The van der Waals surface area contributed by atoms with Crippen molar-refractivity contribution in [1.82, 2.24) is 0 Å². The number of aliphatic hydroxyl groups excluding tert-OH is 1. The molecule has 1 rings (SSSR count). The predicted octanol–water partition coefficient (Wildman–Crippen LogP) is 2.93. The van der Waals surface area contributed by atoms with Gasteiger partial charge in [0.25, 0.3) is 0 Å². The molecule has 0 saturated carbocycles. The van der Waals surface area contributed by atoms with Crippen LogP contribution in [-0.2, 0) is 0 Å². The molecule has 16 heavy (non-hydrogen) atoms. The van der Waals surface area contributed by atoms with Gasteiger partial charge in [-0.15, -0.1) is 0 Å². The van der Waals surface area contributed by atoms with E-state index in [0.717, 1.165) is 24.8 Å². The predicted molar refractivity (Wildman–Crippen MR) is 64.0 cm³/mol. The molecule has 0 amide bonds. The van der Waals surface area contributed by atoms with Crippen LogP contribution in [-0.4, -0.2) is 19.3 Å². The van der Waals surface area contributed by atoms with E-state index in [9.17, 15) is 5.11 Å². The highest BCUT2D eigenvalue weighted by molar-refractivity contribution is 5.39. The Morgan fingerprint density at radius 1 is 1.12 bits per heavy atom. The van der Waals surface area contributed by atoms with E-state index in [0.29, 0.717) is 11.5 Å². The van der Waals surface area contributed by atoms with Gasteiger partial charge in [0.05, 0.1) is 20.3 Å². The van der Waals surface area contributed by atoms with Crippen LogP contribution in [0.25, 0.3) is 0 Å². The Labute approximate surface area is 97.0 Å². The molecular weight excluding hydrogens is 204 g/mol. The van der Waals surface area contributed by atoms with E-state index in [1.807, 2.05) is 12.1 Å². The molecule has 0 saturated heterocycles. The van der Waals surface area contributed by atoms with Crippen LogP contribution in [0.3, 0.4) is 0 Å². The maximum atomic E-state index is 9.98. The molecule has 0 bridgehead atoms. The fourth-order valence-corrected chi connectivity index (χ4v) is 1.59. The van der Waals surface area contributed by atoms with E-state index < -0.39 is 6.10 Å². The second kappa shape index (κ2) is 6.38. The second-order valence-electron chi connectivity index (χ2n) is 3.80. The molecule has 1 aromatic carbocycles. The van der Waals surface area contributed by atoms with Crippen LogP contribution < -0.4 is 9.47 Å². The summed E-state index contributed by atoms with van der Waals surface area (Å²) in [6.45, 7) is 2.11. The number of unbranched alkanes of at least 4 members (excludes halogenated alkanes) is 1. The summed E-state index contributed by atoms with van der Waals surface area (Å²) in [6, 6.07) is 5.50. The molecule has 1 aromatic rings. The average Bonchev–Trinajstić information content (AvgIpc) is 2.35. The van der Waals surface area contributed by atoms with Crippen LogP contribution in [0, 0.1) is 0 Å². The van der Waals surface area contributed by atoms with Gasteiger partial charge in [0.15, 0.2) is 0 Å².